The predicted octanol–water partition coefficient (Wildman–Crippen LogP) is 2.60. The Morgan fingerprint density at radius 2 is 2.19 bits per heavy atom. The van der Waals surface area contributed by atoms with E-state index < -0.39 is 0 Å². The first-order chi connectivity index (χ1) is 7.87. The maximum Gasteiger partial charge on any atom is 0.154 e. The average Bonchev–Trinajstić information content (AvgIpc) is 2.38. The molecule has 1 atom stereocenters. The van der Waals surface area contributed by atoms with Gasteiger partial charge in [0.05, 0.1) is 0 Å². The summed E-state index contributed by atoms with van der Waals surface area (Å²) in [6, 6.07) is 10.5. The molecule has 0 saturated carbocycles. The highest BCUT2D eigenvalue weighted by molar-refractivity contribution is 7.99. The highest BCUT2D eigenvalue weighted by Gasteiger charge is 2.34. The van der Waals surface area contributed by atoms with Crippen LogP contribution >= 0.6 is 11.8 Å². The summed E-state index contributed by atoms with van der Waals surface area (Å²) < 4.78 is 6.07. The number of benzene rings is 1. The highest BCUT2D eigenvalue weighted by Crippen LogP contribution is 2.30. The minimum atomic E-state index is -0.264. The van der Waals surface area contributed by atoms with E-state index in [1.54, 1.807) is 0 Å². The maximum atomic E-state index is 6.07. The molecule has 2 rings (SSSR count). The third-order valence-electron chi connectivity index (χ3n) is 2.75. The minimum absolute atomic E-state index is 0.264. The van der Waals surface area contributed by atoms with Gasteiger partial charge in [0, 0.05) is 24.7 Å². The summed E-state index contributed by atoms with van der Waals surface area (Å²) in [4.78, 5) is 0. The second-order valence-electron chi connectivity index (χ2n) is 4.02. The molecular weight excluding hydrogens is 218 g/mol. The van der Waals surface area contributed by atoms with Gasteiger partial charge in [-0.25, -0.2) is 0 Å². The Bertz CT molecular complexity index is 309. The molecule has 1 aromatic rings. The molecule has 0 aromatic heterocycles. The van der Waals surface area contributed by atoms with Crippen LogP contribution in [-0.4, -0.2) is 24.7 Å². The van der Waals surface area contributed by atoms with Crippen LogP contribution < -0.4 is 5.32 Å². The summed E-state index contributed by atoms with van der Waals surface area (Å²) in [6.07, 6.45) is 1.06. The molecule has 3 heteroatoms. The van der Waals surface area contributed by atoms with Crippen LogP contribution in [0.4, 0.5) is 0 Å². The van der Waals surface area contributed by atoms with E-state index in [0.29, 0.717) is 0 Å². The van der Waals surface area contributed by atoms with Crippen molar-refractivity contribution in [1.82, 2.24) is 5.32 Å². The second kappa shape index (κ2) is 5.71. The van der Waals surface area contributed by atoms with Gasteiger partial charge in [-0.15, -0.1) is 0 Å². The molecular formula is C13H19NOS. The van der Waals surface area contributed by atoms with Crippen LogP contribution in [-0.2, 0) is 10.5 Å². The van der Waals surface area contributed by atoms with E-state index in [1.165, 1.54) is 11.3 Å². The van der Waals surface area contributed by atoms with Crippen LogP contribution in [0.2, 0.25) is 0 Å². The Hall–Kier alpha value is -0.510. The lowest BCUT2D eigenvalue weighted by Gasteiger charge is -2.38. The zero-order chi connectivity index (χ0) is 11.3. The van der Waals surface area contributed by atoms with Gasteiger partial charge in [-0.3, -0.25) is 5.32 Å². The topological polar surface area (TPSA) is 21.3 Å². The van der Waals surface area contributed by atoms with Gasteiger partial charge in [0.2, 0.25) is 0 Å². The van der Waals surface area contributed by atoms with E-state index >= 15 is 0 Å². The Morgan fingerprint density at radius 1 is 1.38 bits per heavy atom. The van der Waals surface area contributed by atoms with Crippen molar-refractivity contribution < 1.29 is 4.74 Å². The van der Waals surface area contributed by atoms with Gasteiger partial charge in [-0.1, -0.05) is 37.3 Å². The third-order valence-corrected chi connectivity index (χ3v) is 3.86. The number of hydrogen-bond donors (Lipinski definition) is 1. The Kier molecular flexibility index (Phi) is 4.27. The number of thioether (sulfide) groups is 1. The Morgan fingerprint density at radius 3 is 2.81 bits per heavy atom. The van der Waals surface area contributed by atoms with E-state index in [0.717, 1.165) is 25.3 Å². The number of ether oxygens (including phenoxy) is 1. The average molecular weight is 237 g/mol. The first kappa shape index (κ1) is 12.0. The molecule has 1 unspecified atom stereocenters. The summed E-state index contributed by atoms with van der Waals surface area (Å²) in [5.41, 5.74) is 0.982. The predicted molar refractivity (Wildman–Crippen MR) is 69.7 cm³/mol. The fourth-order valence-electron chi connectivity index (χ4n) is 1.94. The largest absolute Gasteiger partial charge is 0.355 e. The van der Waals surface area contributed by atoms with Gasteiger partial charge in [0.25, 0.3) is 0 Å². The quantitative estimate of drug-likeness (QED) is 0.870. The van der Waals surface area contributed by atoms with Crippen molar-refractivity contribution in [3.63, 3.8) is 0 Å². The van der Waals surface area contributed by atoms with Gasteiger partial charge in [-0.05, 0) is 12.0 Å². The van der Waals surface area contributed by atoms with Gasteiger partial charge >= 0.3 is 0 Å². The molecule has 0 aliphatic carbocycles. The molecule has 88 valence electrons. The fourth-order valence-corrected chi connectivity index (χ4v) is 2.97. The lowest BCUT2D eigenvalue weighted by Crippen LogP contribution is -2.51. The number of hydrogen-bond acceptors (Lipinski definition) is 3. The van der Waals surface area contributed by atoms with Crippen LogP contribution in [0.1, 0.15) is 18.9 Å². The second-order valence-corrected chi connectivity index (χ2v) is 5.13. The maximum absolute atomic E-state index is 6.07. The fraction of sp³-hybridized carbons (Fsp3) is 0.538. The zero-order valence-electron chi connectivity index (χ0n) is 9.74. The van der Waals surface area contributed by atoms with Crippen molar-refractivity contribution in [1.29, 1.82) is 0 Å². The van der Waals surface area contributed by atoms with Crippen molar-refractivity contribution in [2.75, 3.05) is 24.7 Å². The Labute approximate surface area is 102 Å². The molecule has 1 N–H and O–H groups in total. The van der Waals surface area contributed by atoms with Crippen LogP contribution in [0, 0.1) is 0 Å². The standard InChI is InChI=1S/C13H19NOS/c1-2-9-15-13(11-16-10-8-14-13)12-6-4-3-5-7-12/h3-7,14H,2,8-11H2,1H3. The third kappa shape index (κ3) is 2.59. The molecule has 0 amide bonds. The smallest absolute Gasteiger partial charge is 0.154 e. The van der Waals surface area contributed by atoms with E-state index in [2.05, 4.69) is 36.5 Å². The van der Waals surface area contributed by atoms with Crippen molar-refractivity contribution in [3.8, 4) is 0 Å². The summed E-state index contributed by atoms with van der Waals surface area (Å²) in [5.74, 6) is 2.17. The van der Waals surface area contributed by atoms with Crippen LogP contribution in [0.25, 0.3) is 0 Å². The molecule has 1 aliphatic rings. The summed E-state index contributed by atoms with van der Waals surface area (Å²) in [6.45, 7) is 3.97. The molecule has 1 aromatic carbocycles. The summed E-state index contributed by atoms with van der Waals surface area (Å²) in [7, 11) is 0. The van der Waals surface area contributed by atoms with E-state index in [-0.39, 0.29) is 5.72 Å². The first-order valence-corrected chi connectivity index (χ1v) is 7.05. The van der Waals surface area contributed by atoms with Gasteiger partial charge < -0.3 is 4.74 Å². The van der Waals surface area contributed by atoms with Crippen molar-refractivity contribution in [2.24, 2.45) is 0 Å². The van der Waals surface area contributed by atoms with E-state index in [1.807, 2.05) is 17.8 Å². The molecule has 1 fully saturated rings. The molecule has 1 aliphatic heterocycles. The first-order valence-electron chi connectivity index (χ1n) is 5.90. The molecule has 16 heavy (non-hydrogen) atoms. The molecule has 2 nitrogen and oxygen atoms in total. The summed E-state index contributed by atoms with van der Waals surface area (Å²) in [5, 5.41) is 3.54. The molecule has 0 spiro atoms. The summed E-state index contributed by atoms with van der Waals surface area (Å²) >= 11 is 1.96. The van der Waals surface area contributed by atoms with E-state index in [9.17, 15) is 0 Å². The normalized spacial score (nSPS) is 25.6. The van der Waals surface area contributed by atoms with Gasteiger partial charge in [-0.2, -0.15) is 11.8 Å². The number of nitrogens with one attached hydrogen (secondary N) is 1. The van der Waals surface area contributed by atoms with Crippen LogP contribution in [0.5, 0.6) is 0 Å². The lowest BCUT2D eigenvalue weighted by atomic mass is 10.0. The van der Waals surface area contributed by atoms with Gasteiger partial charge in [0.15, 0.2) is 5.72 Å². The van der Waals surface area contributed by atoms with Crippen LogP contribution in [0.15, 0.2) is 30.3 Å². The van der Waals surface area contributed by atoms with Gasteiger partial charge in [0.1, 0.15) is 0 Å². The monoisotopic (exact) mass is 237 g/mol. The minimum Gasteiger partial charge on any atom is -0.355 e. The van der Waals surface area contributed by atoms with Crippen molar-refractivity contribution in [2.45, 2.75) is 19.1 Å². The Balaban J connectivity index is 2.19. The lowest BCUT2D eigenvalue weighted by molar-refractivity contribution is -0.0591. The molecule has 1 heterocycles. The van der Waals surface area contributed by atoms with E-state index in [4.69, 9.17) is 4.74 Å². The molecule has 1 saturated heterocycles. The van der Waals surface area contributed by atoms with Crippen molar-refractivity contribution >= 4 is 11.8 Å². The molecule has 0 radical (unpaired) electrons. The number of rotatable bonds is 4. The SMILES string of the molecule is CCCOC1(c2ccccc2)CSCCN1. The highest BCUT2D eigenvalue weighted by atomic mass is 32.2. The molecule has 0 bridgehead atoms. The zero-order valence-corrected chi connectivity index (χ0v) is 10.6. The van der Waals surface area contributed by atoms with Crippen molar-refractivity contribution in [3.05, 3.63) is 35.9 Å². The van der Waals surface area contributed by atoms with Crippen LogP contribution in [0.3, 0.4) is 0 Å².